The molecule has 2 rings (SSSR count). The maximum Gasteiger partial charge on any atom is 0.00916 e. The zero-order valence-electron chi connectivity index (χ0n) is 11.7. The van der Waals surface area contributed by atoms with Crippen molar-refractivity contribution in [2.24, 2.45) is 0 Å². The molecule has 1 aliphatic rings. The standard InChI is InChI=1S/C16H26N2/c1-3-18-11-9-16(10-12-18)17-13-14(2)15-7-5-4-6-8-15/h4-8,14,16-17H,3,9-13H2,1-2H3. The molecule has 1 atom stereocenters. The quantitative estimate of drug-likeness (QED) is 0.859. The fourth-order valence-corrected chi connectivity index (χ4v) is 2.70. The normalized spacial score (nSPS) is 19.9. The SMILES string of the molecule is CCN1CCC(NCC(C)c2ccccc2)CC1. The third-order valence-corrected chi connectivity index (χ3v) is 4.12. The summed E-state index contributed by atoms with van der Waals surface area (Å²) < 4.78 is 0. The molecule has 0 spiro atoms. The van der Waals surface area contributed by atoms with Gasteiger partial charge < -0.3 is 10.2 Å². The van der Waals surface area contributed by atoms with Crippen molar-refractivity contribution in [3.8, 4) is 0 Å². The molecule has 1 aliphatic heterocycles. The molecule has 1 unspecified atom stereocenters. The highest BCUT2D eigenvalue weighted by Crippen LogP contribution is 2.15. The van der Waals surface area contributed by atoms with Gasteiger partial charge in [-0.15, -0.1) is 0 Å². The van der Waals surface area contributed by atoms with Crippen molar-refractivity contribution >= 4 is 0 Å². The van der Waals surface area contributed by atoms with Crippen LogP contribution in [0.1, 0.15) is 38.2 Å². The molecule has 1 fully saturated rings. The largest absolute Gasteiger partial charge is 0.313 e. The van der Waals surface area contributed by atoms with E-state index in [2.05, 4.69) is 54.4 Å². The fourth-order valence-electron chi connectivity index (χ4n) is 2.70. The van der Waals surface area contributed by atoms with Crippen LogP contribution in [0.4, 0.5) is 0 Å². The highest BCUT2D eigenvalue weighted by molar-refractivity contribution is 5.19. The van der Waals surface area contributed by atoms with Crippen LogP contribution < -0.4 is 5.32 Å². The zero-order valence-corrected chi connectivity index (χ0v) is 11.7. The van der Waals surface area contributed by atoms with E-state index in [0.29, 0.717) is 5.92 Å². The predicted octanol–water partition coefficient (Wildman–Crippen LogP) is 2.86. The van der Waals surface area contributed by atoms with E-state index >= 15 is 0 Å². The van der Waals surface area contributed by atoms with Gasteiger partial charge in [-0.25, -0.2) is 0 Å². The first-order chi connectivity index (χ1) is 8.79. The second kappa shape index (κ2) is 6.91. The van der Waals surface area contributed by atoms with Crippen molar-refractivity contribution in [1.29, 1.82) is 0 Å². The Morgan fingerprint density at radius 2 is 1.89 bits per heavy atom. The smallest absolute Gasteiger partial charge is 0.00916 e. The Bertz CT molecular complexity index is 328. The second-order valence-electron chi connectivity index (χ2n) is 5.43. The van der Waals surface area contributed by atoms with Crippen LogP contribution in [0.15, 0.2) is 30.3 Å². The van der Waals surface area contributed by atoms with E-state index in [-0.39, 0.29) is 0 Å². The summed E-state index contributed by atoms with van der Waals surface area (Å²) in [6.45, 7) is 9.38. The Hall–Kier alpha value is -0.860. The zero-order chi connectivity index (χ0) is 12.8. The number of hydrogen-bond donors (Lipinski definition) is 1. The number of nitrogens with zero attached hydrogens (tertiary/aromatic N) is 1. The molecule has 0 amide bonds. The summed E-state index contributed by atoms with van der Waals surface area (Å²) in [6, 6.07) is 11.5. The number of piperidine rings is 1. The molecule has 18 heavy (non-hydrogen) atoms. The Balaban J connectivity index is 1.72. The van der Waals surface area contributed by atoms with Crippen LogP contribution in [0, 0.1) is 0 Å². The Labute approximate surface area is 111 Å². The van der Waals surface area contributed by atoms with E-state index in [1.165, 1.54) is 38.0 Å². The van der Waals surface area contributed by atoms with Gasteiger partial charge in [0.05, 0.1) is 0 Å². The van der Waals surface area contributed by atoms with Gasteiger partial charge in [0.2, 0.25) is 0 Å². The summed E-state index contributed by atoms with van der Waals surface area (Å²) >= 11 is 0. The van der Waals surface area contributed by atoms with Gasteiger partial charge in [-0.1, -0.05) is 44.2 Å². The third-order valence-electron chi connectivity index (χ3n) is 4.12. The molecule has 1 N–H and O–H groups in total. The van der Waals surface area contributed by atoms with Gasteiger partial charge >= 0.3 is 0 Å². The minimum atomic E-state index is 0.607. The molecular formula is C16H26N2. The van der Waals surface area contributed by atoms with Crippen molar-refractivity contribution in [2.45, 2.75) is 38.6 Å². The van der Waals surface area contributed by atoms with Crippen LogP contribution in [0.3, 0.4) is 0 Å². The van der Waals surface area contributed by atoms with Crippen molar-refractivity contribution in [3.05, 3.63) is 35.9 Å². The van der Waals surface area contributed by atoms with Gasteiger partial charge in [0.25, 0.3) is 0 Å². The molecule has 0 bridgehead atoms. The number of benzene rings is 1. The van der Waals surface area contributed by atoms with Gasteiger partial charge in [-0.05, 0) is 44.0 Å². The molecular weight excluding hydrogens is 220 g/mol. The van der Waals surface area contributed by atoms with Gasteiger partial charge in [0.15, 0.2) is 0 Å². The third kappa shape index (κ3) is 3.82. The Morgan fingerprint density at radius 1 is 1.22 bits per heavy atom. The van der Waals surface area contributed by atoms with Crippen molar-refractivity contribution in [3.63, 3.8) is 0 Å². The lowest BCUT2D eigenvalue weighted by Crippen LogP contribution is -2.43. The van der Waals surface area contributed by atoms with Gasteiger partial charge in [0, 0.05) is 12.6 Å². The summed E-state index contributed by atoms with van der Waals surface area (Å²) in [6.07, 6.45) is 2.60. The molecule has 1 saturated heterocycles. The van der Waals surface area contributed by atoms with Crippen molar-refractivity contribution in [1.82, 2.24) is 10.2 Å². The lowest BCUT2D eigenvalue weighted by atomic mass is 9.99. The number of nitrogens with one attached hydrogen (secondary N) is 1. The van der Waals surface area contributed by atoms with E-state index in [9.17, 15) is 0 Å². The summed E-state index contributed by atoms with van der Waals surface area (Å²) in [5.74, 6) is 0.607. The van der Waals surface area contributed by atoms with E-state index in [1.807, 2.05) is 0 Å². The summed E-state index contributed by atoms with van der Waals surface area (Å²) in [5, 5.41) is 3.74. The number of likely N-dealkylation sites (tertiary alicyclic amines) is 1. The molecule has 0 radical (unpaired) electrons. The average Bonchev–Trinajstić information content (AvgIpc) is 2.46. The molecule has 1 heterocycles. The van der Waals surface area contributed by atoms with Crippen LogP contribution in [-0.2, 0) is 0 Å². The Kier molecular flexibility index (Phi) is 5.21. The first-order valence-corrected chi connectivity index (χ1v) is 7.30. The molecule has 100 valence electrons. The summed E-state index contributed by atoms with van der Waals surface area (Å²) in [4.78, 5) is 2.54. The maximum absolute atomic E-state index is 3.74. The van der Waals surface area contributed by atoms with Crippen molar-refractivity contribution in [2.75, 3.05) is 26.2 Å². The first kappa shape index (κ1) is 13.6. The molecule has 2 heteroatoms. The molecule has 2 nitrogen and oxygen atoms in total. The average molecular weight is 246 g/mol. The highest BCUT2D eigenvalue weighted by atomic mass is 15.1. The maximum atomic E-state index is 3.74. The van der Waals surface area contributed by atoms with Gasteiger partial charge in [0.1, 0.15) is 0 Å². The lowest BCUT2D eigenvalue weighted by molar-refractivity contribution is 0.205. The second-order valence-corrected chi connectivity index (χ2v) is 5.43. The fraction of sp³-hybridized carbons (Fsp3) is 0.625. The minimum Gasteiger partial charge on any atom is -0.313 e. The molecule has 1 aromatic carbocycles. The number of hydrogen-bond acceptors (Lipinski definition) is 2. The molecule has 0 aliphatic carbocycles. The molecule has 0 aromatic heterocycles. The number of rotatable bonds is 5. The van der Waals surface area contributed by atoms with Crippen LogP contribution in [0.5, 0.6) is 0 Å². The van der Waals surface area contributed by atoms with Crippen molar-refractivity contribution < 1.29 is 0 Å². The van der Waals surface area contributed by atoms with Crippen LogP contribution in [0.2, 0.25) is 0 Å². The van der Waals surface area contributed by atoms with E-state index < -0.39 is 0 Å². The van der Waals surface area contributed by atoms with Crippen LogP contribution in [0.25, 0.3) is 0 Å². The monoisotopic (exact) mass is 246 g/mol. The first-order valence-electron chi connectivity index (χ1n) is 7.30. The predicted molar refractivity (Wildman–Crippen MR) is 78.0 cm³/mol. The van der Waals surface area contributed by atoms with Gasteiger partial charge in [-0.3, -0.25) is 0 Å². The molecule has 1 aromatic rings. The summed E-state index contributed by atoms with van der Waals surface area (Å²) in [7, 11) is 0. The lowest BCUT2D eigenvalue weighted by Gasteiger charge is -2.32. The highest BCUT2D eigenvalue weighted by Gasteiger charge is 2.18. The van der Waals surface area contributed by atoms with E-state index in [0.717, 1.165) is 12.6 Å². The van der Waals surface area contributed by atoms with Crippen LogP contribution >= 0.6 is 0 Å². The summed E-state index contributed by atoms with van der Waals surface area (Å²) in [5.41, 5.74) is 1.44. The van der Waals surface area contributed by atoms with E-state index in [1.54, 1.807) is 0 Å². The minimum absolute atomic E-state index is 0.607. The Morgan fingerprint density at radius 3 is 2.50 bits per heavy atom. The van der Waals surface area contributed by atoms with E-state index in [4.69, 9.17) is 0 Å². The molecule has 0 saturated carbocycles. The van der Waals surface area contributed by atoms with Crippen LogP contribution in [-0.4, -0.2) is 37.1 Å². The van der Waals surface area contributed by atoms with Gasteiger partial charge in [-0.2, -0.15) is 0 Å². The topological polar surface area (TPSA) is 15.3 Å².